The van der Waals surface area contributed by atoms with Crippen molar-refractivity contribution in [1.82, 2.24) is 10.2 Å². The number of hydrogen-bond acceptors (Lipinski definition) is 5. The number of carbonyl (C=O) groups is 2. The molecular weight excluding hydrogens is 485 g/mol. The molecule has 6 nitrogen and oxygen atoms in total. The van der Waals surface area contributed by atoms with Crippen molar-refractivity contribution < 1.29 is 32.6 Å². The van der Waals surface area contributed by atoms with Crippen molar-refractivity contribution in [3.05, 3.63) is 34.9 Å². The van der Waals surface area contributed by atoms with Gasteiger partial charge in [-0.2, -0.15) is 13.2 Å². The van der Waals surface area contributed by atoms with Gasteiger partial charge in [-0.15, -0.1) is 0 Å². The molecule has 1 saturated heterocycles. The van der Waals surface area contributed by atoms with Gasteiger partial charge in [-0.3, -0.25) is 15.0 Å². The van der Waals surface area contributed by atoms with Crippen LogP contribution in [0.2, 0.25) is 5.02 Å². The van der Waals surface area contributed by atoms with Gasteiger partial charge in [-0.05, 0) is 62.6 Å². The summed E-state index contributed by atoms with van der Waals surface area (Å²) >= 11 is 6.05. The Balaban J connectivity index is 1.84. The van der Waals surface area contributed by atoms with E-state index in [0.717, 1.165) is 23.8 Å². The van der Waals surface area contributed by atoms with E-state index in [9.17, 15) is 27.9 Å². The second-order valence-corrected chi connectivity index (χ2v) is 10.3. The summed E-state index contributed by atoms with van der Waals surface area (Å²) in [5, 5.41) is 14.0. The van der Waals surface area contributed by atoms with Gasteiger partial charge in [-0.25, -0.2) is 4.79 Å². The molecule has 2 fully saturated rings. The highest BCUT2D eigenvalue weighted by molar-refractivity contribution is 6.30. The lowest BCUT2D eigenvalue weighted by Crippen LogP contribution is -2.78. The van der Waals surface area contributed by atoms with Crippen molar-refractivity contribution in [3.8, 4) is 0 Å². The van der Waals surface area contributed by atoms with Gasteiger partial charge >= 0.3 is 12.1 Å². The Bertz CT molecular complexity index is 905. The van der Waals surface area contributed by atoms with Crippen LogP contribution in [-0.4, -0.2) is 52.6 Å². The highest BCUT2D eigenvalue weighted by atomic mass is 35.5. The molecule has 1 amide bonds. The fourth-order valence-electron chi connectivity index (χ4n) is 5.49. The van der Waals surface area contributed by atoms with Crippen molar-refractivity contribution in [3.63, 3.8) is 0 Å². The molecule has 35 heavy (non-hydrogen) atoms. The van der Waals surface area contributed by atoms with E-state index in [2.05, 4.69) is 5.32 Å². The molecule has 1 aromatic carbocycles. The van der Waals surface area contributed by atoms with Gasteiger partial charge in [0.25, 0.3) is 0 Å². The van der Waals surface area contributed by atoms with Gasteiger partial charge in [0.05, 0.1) is 12.5 Å². The average molecular weight is 519 g/mol. The second-order valence-electron chi connectivity index (χ2n) is 9.82. The molecule has 0 bridgehead atoms. The van der Waals surface area contributed by atoms with Crippen LogP contribution in [0.4, 0.5) is 13.2 Å². The highest BCUT2D eigenvalue weighted by Gasteiger charge is 2.61. The van der Waals surface area contributed by atoms with E-state index < -0.39 is 47.8 Å². The number of β-lactam (4-membered cyclic amide) rings is 1. The predicted octanol–water partition coefficient (Wildman–Crippen LogP) is 4.68. The fraction of sp³-hybridized carbons (Fsp3) is 0.680. The van der Waals surface area contributed by atoms with Crippen molar-refractivity contribution in [2.24, 2.45) is 17.8 Å². The Kier molecular flexibility index (Phi) is 8.76. The molecule has 1 aromatic rings. The molecular formula is C25H34ClF3N2O4. The topological polar surface area (TPSA) is 78.9 Å². The zero-order valence-corrected chi connectivity index (χ0v) is 21.0. The van der Waals surface area contributed by atoms with Crippen molar-refractivity contribution >= 4 is 23.5 Å². The molecule has 1 heterocycles. The number of amides is 1. The first kappa shape index (κ1) is 27.7. The van der Waals surface area contributed by atoms with Crippen molar-refractivity contribution in [1.29, 1.82) is 0 Å². The number of alkyl halides is 3. The second kappa shape index (κ2) is 11.0. The van der Waals surface area contributed by atoms with Gasteiger partial charge in [0.2, 0.25) is 5.91 Å². The van der Waals surface area contributed by atoms with Gasteiger partial charge in [0.15, 0.2) is 5.85 Å². The maximum Gasteiger partial charge on any atom is 0.404 e. The number of carbonyl (C=O) groups excluding carboxylic acids is 2. The van der Waals surface area contributed by atoms with Gasteiger partial charge in [0.1, 0.15) is 12.1 Å². The molecule has 10 heteroatoms. The van der Waals surface area contributed by atoms with Crippen LogP contribution in [0.25, 0.3) is 0 Å². The zero-order chi connectivity index (χ0) is 26.0. The molecule has 1 unspecified atom stereocenters. The Morgan fingerprint density at radius 2 is 1.94 bits per heavy atom. The minimum absolute atomic E-state index is 0.0373. The lowest BCUT2D eigenvalue weighted by molar-refractivity contribution is -0.240. The number of rotatable bonds is 9. The van der Waals surface area contributed by atoms with E-state index in [1.807, 2.05) is 6.07 Å². The third kappa shape index (κ3) is 6.30. The number of benzene rings is 1. The summed E-state index contributed by atoms with van der Waals surface area (Å²) in [5.41, 5.74) is 0.859. The van der Waals surface area contributed by atoms with Crippen molar-refractivity contribution in [2.45, 2.75) is 83.4 Å². The summed E-state index contributed by atoms with van der Waals surface area (Å²) in [6.45, 7) is 4.52. The van der Waals surface area contributed by atoms with E-state index >= 15 is 0 Å². The van der Waals surface area contributed by atoms with Crippen LogP contribution in [-0.2, 0) is 20.7 Å². The van der Waals surface area contributed by atoms with Gasteiger partial charge in [-0.1, -0.05) is 49.9 Å². The number of esters is 1. The van der Waals surface area contributed by atoms with Gasteiger partial charge in [0, 0.05) is 5.02 Å². The maximum atomic E-state index is 14.0. The monoisotopic (exact) mass is 518 g/mol. The lowest BCUT2D eigenvalue weighted by Gasteiger charge is -2.54. The number of hydrogen-bond donors (Lipinski definition) is 2. The van der Waals surface area contributed by atoms with Crippen LogP contribution in [0.1, 0.15) is 58.4 Å². The normalized spacial score (nSPS) is 24.9. The van der Waals surface area contributed by atoms with Crippen LogP contribution >= 0.6 is 11.6 Å². The summed E-state index contributed by atoms with van der Waals surface area (Å²) in [7, 11) is 0. The molecule has 3 rings (SSSR count). The summed E-state index contributed by atoms with van der Waals surface area (Å²) in [4.78, 5) is 26.9. The molecule has 0 radical (unpaired) electrons. The minimum Gasteiger partial charge on any atom is -0.464 e. The number of halogens is 4. The standard InChI is InChI=1S/C25H34ClF3N2O4/c1-4-35-23(33)20-19(15(2)13-16-9-8-12-18(26)14-16)22(32)31(20)24(3,34)30-21(25(27,28)29)17-10-6-5-7-11-17/h8-9,12,14-15,17,19-21,30,34H,4-7,10-11,13H2,1-3H3/t15-,19-,20+,21+,24?/m1/s1. The quantitative estimate of drug-likeness (QED) is 0.282. The van der Waals surface area contributed by atoms with Gasteiger partial charge < -0.3 is 9.84 Å². The van der Waals surface area contributed by atoms with E-state index in [1.54, 1.807) is 32.0 Å². The SMILES string of the molecule is CCOC(=O)[C@@H]1[C@@H]([C@H](C)Cc2cccc(Cl)c2)C(=O)N1C(C)(O)N[C@@H](C1CCCCC1)C(F)(F)F. The van der Waals surface area contributed by atoms with E-state index in [4.69, 9.17) is 16.3 Å². The van der Waals surface area contributed by atoms with Crippen molar-refractivity contribution in [2.75, 3.05) is 6.61 Å². The molecule has 2 N–H and O–H groups in total. The first-order valence-corrected chi connectivity index (χ1v) is 12.6. The third-order valence-corrected chi connectivity index (χ3v) is 7.34. The number of likely N-dealkylation sites (tertiary alicyclic amines) is 1. The maximum absolute atomic E-state index is 14.0. The Morgan fingerprint density at radius 1 is 1.29 bits per heavy atom. The molecule has 1 saturated carbocycles. The van der Waals surface area contributed by atoms with Crippen LogP contribution < -0.4 is 5.32 Å². The summed E-state index contributed by atoms with van der Waals surface area (Å²) in [6.07, 6.45) is -1.22. The van der Waals surface area contributed by atoms with E-state index in [-0.39, 0.29) is 12.5 Å². The summed E-state index contributed by atoms with van der Waals surface area (Å²) in [5.74, 6) is -5.65. The first-order chi connectivity index (χ1) is 16.4. The first-order valence-electron chi connectivity index (χ1n) is 12.2. The Morgan fingerprint density at radius 3 is 2.51 bits per heavy atom. The van der Waals surface area contributed by atoms with Crippen LogP contribution in [0, 0.1) is 17.8 Å². The summed E-state index contributed by atoms with van der Waals surface area (Å²) in [6, 6.07) is 3.89. The molecule has 2 aliphatic rings. The van der Waals surface area contributed by atoms with Crippen LogP contribution in [0.15, 0.2) is 24.3 Å². The van der Waals surface area contributed by atoms with E-state index in [1.165, 1.54) is 0 Å². The molecule has 0 spiro atoms. The molecule has 1 aliphatic heterocycles. The highest BCUT2D eigenvalue weighted by Crippen LogP contribution is 2.41. The number of nitrogens with zero attached hydrogens (tertiary/aromatic N) is 1. The Hall–Kier alpha value is -1.84. The van der Waals surface area contributed by atoms with Crippen LogP contribution in [0.5, 0.6) is 0 Å². The lowest BCUT2D eigenvalue weighted by atomic mass is 9.74. The molecule has 0 aromatic heterocycles. The van der Waals surface area contributed by atoms with Crippen LogP contribution in [0.3, 0.4) is 0 Å². The fourth-order valence-corrected chi connectivity index (χ4v) is 5.70. The Labute approximate surface area is 209 Å². The average Bonchev–Trinajstić information content (AvgIpc) is 2.75. The third-order valence-electron chi connectivity index (χ3n) is 7.10. The molecule has 5 atom stereocenters. The molecule has 196 valence electrons. The smallest absolute Gasteiger partial charge is 0.404 e. The largest absolute Gasteiger partial charge is 0.464 e. The van der Waals surface area contributed by atoms with E-state index in [0.29, 0.717) is 37.1 Å². The number of aliphatic hydroxyl groups is 1. The minimum atomic E-state index is -4.63. The summed E-state index contributed by atoms with van der Waals surface area (Å²) < 4.78 is 47.1. The zero-order valence-electron chi connectivity index (χ0n) is 20.3. The predicted molar refractivity (Wildman–Crippen MR) is 125 cm³/mol. The molecule has 1 aliphatic carbocycles. The number of ether oxygens (including phenoxy) is 1. The number of nitrogens with one attached hydrogen (secondary N) is 1.